The summed E-state index contributed by atoms with van der Waals surface area (Å²) in [6, 6.07) is 22.7. The summed E-state index contributed by atoms with van der Waals surface area (Å²) in [5.74, 6) is 0.607. The van der Waals surface area contributed by atoms with Crippen molar-refractivity contribution in [2.45, 2.75) is 12.1 Å². The maximum Gasteiger partial charge on any atom is 0.121 e. The third kappa shape index (κ3) is 5.90. The van der Waals surface area contributed by atoms with Crippen LogP contribution in [0.5, 0.6) is 5.75 Å². The van der Waals surface area contributed by atoms with Crippen molar-refractivity contribution < 1.29 is 14.9 Å². The van der Waals surface area contributed by atoms with Gasteiger partial charge in [-0.05, 0) is 47.5 Å². The summed E-state index contributed by atoms with van der Waals surface area (Å²) in [4.78, 5) is 4.54. The lowest BCUT2D eigenvalue weighted by molar-refractivity contribution is 0.103. The number of halogens is 2. The number of hydrogen-bond donors (Lipinski definition) is 2. The number of piperazine rings is 1. The molecular formula is C27H27Cl2N3O3. The number of aliphatic hydroxyl groups excluding tert-OH is 2. The molecule has 35 heavy (non-hydrogen) atoms. The predicted octanol–water partition coefficient (Wildman–Crippen LogP) is 4.83. The molecule has 0 aliphatic carbocycles. The van der Waals surface area contributed by atoms with E-state index in [0.29, 0.717) is 41.0 Å². The fourth-order valence-corrected chi connectivity index (χ4v) is 4.94. The van der Waals surface area contributed by atoms with Crippen LogP contribution < -0.4 is 9.64 Å². The van der Waals surface area contributed by atoms with Crippen LogP contribution in [0.15, 0.2) is 66.7 Å². The second-order valence-corrected chi connectivity index (χ2v) is 9.22. The summed E-state index contributed by atoms with van der Waals surface area (Å²) >= 11 is 12.8. The maximum absolute atomic E-state index is 10.3. The molecule has 6 nitrogen and oxygen atoms in total. The summed E-state index contributed by atoms with van der Waals surface area (Å²) in [6.07, 6.45) is 0. The number of aliphatic hydroxyl groups is 2. The summed E-state index contributed by atoms with van der Waals surface area (Å²) in [5, 5.41) is 29.7. The standard InChI is InChI=1S/C27H27Cl2N3O3/c28-22-7-5-20(6-8-22)26-17-31(27(18-34)21-3-1-19(16-30)2-4-21)11-12-32(26)25-10-9-23(15-24(25)29)35-14-13-33/h1-10,15,26-27,33-34H,11-14,17-18H2/t26-,27+/m0/s1. The molecule has 182 valence electrons. The van der Waals surface area contributed by atoms with Gasteiger partial charge >= 0.3 is 0 Å². The number of nitrogens with zero attached hydrogens (tertiary/aromatic N) is 3. The van der Waals surface area contributed by atoms with Crippen molar-refractivity contribution in [3.05, 3.63) is 93.5 Å². The van der Waals surface area contributed by atoms with Gasteiger partial charge in [-0.15, -0.1) is 0 Å². The van der Waals surface area contributed by atoms with E-state index in [1.54, 1.807) is 18.2 Å². The molecule has 4 rings (SSSR count). The van der Waals surface area contributed by atoms with Gasteiger partial charge < -0.3 is 19.8 Å². The topological polar surface area (TPSA) is 80.0 Å². The number of ether oxygens (including phenoxy) is 1. The highest BCUT2D eigenvalue weighted by atomic mass is 35.5. The normalized spacial score (nSPS) is 17.1. The van der Waals surface area contributed by atoms with E-state index in [9.17, 15) is 5.11 Å². The van der Waals surface area contributed by atoms with Gasteiger partial charge in [-0.25, -0.2) is 0 Å². The van der Waals surface area contributed by atoms with Crippen LogP contribution >= 0.6 is 23.2 Å². The molecule has 0 aromatic heterocycles. The van der Waals surface area contributed by atoms with E-state index in [1.165, 1.54) is 0 Å². The molecule has 1 aliphatic rings. The lowest BCUT2D eigenvalue weighted by Crippen LogP contribution is -2.50. The van der Waals surface area contributed by atoms with E-state index in [2.05, 4.69) is 15.9 Å². The van der Waals surface area contributed by atoms with Crippen molar-refractivity contribution in [1.82, 2.24) is 4.90 Å². The molecule has 3 aromatic carbocycles. The molecule has 2 atom stereocenters. The number of hydrogen-bond acceptors (Lipinski definition) is 6. The quantitative estimate of drug-likeness (QED) is 0.450. The third-order valence-electron chi connectivity index (χ3n) is 6.29. The van der Waals surface area contributed by atoms with Gasteiger partial charge in [-0.3, -0.25) is 4.90 Å². The van der Waals surface area contributed by atoms with Crippen LogP contribution in [0, 0.1) is 11.3 Å². The Bertz CT molecular complexity index is 1170. The van der Waals surface area contributed by atoms with Crippen LogP contribution in [0.3, 0.4) is 0 Å². The number of anilines is 1. The molecule has 0 spiro atoms. The Hall–Kier alpha value is -2.79. The molecule has 1 saturated heterocycles. The minimum Gasteiger partial charge on any atom is -0.491 e. The van der Waals surface area contributed by atoms with Crippen LogP contribution in [0.1, 0.15) is 28.8 Å². The molecule has 0 saturated carbocycles. The van der Waals surface area contributed by atoms with Gasteiger partial charge in [-0.2, -0.15) is 5.26 Å². The van der Waals surface area contributed by atoms with Crippen molar-refractivity contribution in [2.24, 2.45) is 0 Å². The molecule has 1 aliphatic heterocycles. The highest BCUT2D eigenvalue weighted by Gasteiger charge is 2.33. The van der Waals surface area contributed by atoms with E-state index in [0.717, 1.165) is 16.8 Å². The average molecular weight is 512 g/mol. The molecule has 1 heterocycles. The van der Waals surface area contributed by atoms with Crippen LogP contribution in [-0.2, 0) is 0 Å². The van der Waals surface area contributed by atoms with E-state index in [4.69, 9.17) is 38.3 Å². The first kappa shape index (κ1) is 25.3. The first-order valence-corrected chi connectivity index (χ1v) is 12.2. The van der Waals surface area contributed by atoms with Crippen molar-refractivity contribution in [3.8, 4) is 11.8 Å². The fraction of sp³-hybridized carbons (Fsp3) is 0.296. The SMILES string of the molecule is N#Cc1ccc([C@@H](CO)N2CCN(c3ccc(OCCO)cc3Cl)[C@H](c3ccc(Cl)cc3)C2)cc1. The number of rotatable bonds is 8. The first-order chi connectivity index (χ1) is 17.0. The van der Waals surface area contributed by atoms with Gasteiger partial charge in [-0.1, -0.05) is 47.5 Å². The highest BCUT2D eigenvalue weighted by Crippen LogP contribution is 2.39. The minimum atomic E-state index is -0.190. The lowest BCUT2D eigenvalue weighted by atomic mass is 9.97. The van der Waals surface area contributed by atoms with E-state index in [1.807, 2.05) is 48.5 Å². The van der Waals surface area contributed by atoms with Gasteiger partial charge in [0, 0.05) is 30.7 Å². The van der Waals surface area contributed by atoms with E-state index in [-0.39, 0.29) is 31.9 Å². The predicted molar refractivity (Wildman–Crippen MR) is 138 cm³/mol. The zero-order chi connectivity index (χ0) is 24.8. The molecule has 0 unspecified atom stereocenters. The molecule has 0 amide bonds. The summed E-state index contributed by atoms with van der Waals surface area (Å²) in [6.45, 7) is 2.18. The monoisotopic (exact) mass is 511 g/mol. The van der Waals surface area contributed by atoms with Gasteiger partial charge in [0.15, 0.2) is 0 Å². The molecule has 1 fully saturated rings. The van der Waals surface area contributed by atoms with Crippen molar-refractivity contribution in [3.63, 3.8) is 0 Å². The van der Waals surface area contributed by atoms with E-state index < -0.39 is 0 Å². The zero-order valence-corrected chi connectivity index (χ0v) is 20.7. The highest BCUT2D eigenvalue weighted by molar-refractivity contribution is 6.33. The van der Waals surface area contributed by atoms with Crippen LogP contribution in [-0.4, -0.2) is 54.6 Å². The molecular weight excluding hydrogens is 485 g/mol. The van der Waals surface area contributed by atoms with Crippen LogP contribution in [0.25, 0.3) is 0 Å². The van der Waals surface area contributed by atoms with Gasteiger partial charge in [0.25, 0.3) is 0 Å². The van der Waals surface area contributed by atoms with Crippen LogP contribution in [0.4, 0.5) is 5.69 Å². The van der Waals surface area contributed by atoms with Crippen LogP contribution in [0.2, 0.25) is 10.0 Å². The molecule has 2 N–H and O–H groups in total. The number of benzene rings is 3. The second-order valence-electron chi connectivity index (χ2n) is 8.37. The Kier molecular flexibility index (Phi) is 8.50. The van der Waals surface area contributed by atoms with E-state index >= 15 is 0 Å². The molecule has 0 bridgehead atoms. The summed E-state index contributed by atoms with van der Waals surface area (Å²) < 4.78 is 5.51. The molecule has 3 aromatic rings. The van der Waals surface area contributed by atoms with Gasteiger partial charge in [0.1, 0.15) is 12.4 Å². The Balaban J connectivity index is 1.64. The second kappa shape index (κ2) is 11.8. The molecule has 0 radical (unpaired) electrons. The maximum atomic E-state index is 10.3. The summed E-state index contributed by atoms with van der Waals surface area (Å²) in [7, 11) is 0. The first-order valence-electron chi connectivity index (χ1n) is 11.4. The largest absolute Gasteiger partial charge is 0.491 e. The Morgan fingerprint density at radius 2 is 1.74 bits per heavy atom. The van der Waals surface area contributed by atoms with Gasteiger partial charge in [0.2, 0.25) is 0 Å². The average Bonchev–Trinajstić information content (AvgIpc) is 2.89. The Morgan fingerprint density at radius 1 is 1.00 bits per heavy atom. The van der Waals surface area contributed by atoms with Crippen molar-refractivity contribution in [1.29, 1.82) is 5.26 Å². The lowest BCUT2D eigenvalue weighted by Gasteiger charge is -2.46. The summed E-state index contributed by atoms with van der Waals surface area (Å²) in [5.41, 5.74) is 3.54. The van der Waals surface area contributed by atoms with Crippen molar-refractivity contribution in [2.75, 3.05) is 44.4 Å². The van der Waals surface area contributed by atoms with Gasteiger partial charge in [0.05, 0.1) is 47.6 Å². The Morgan fingerprint density at radius 3 is 2.37 bits per heavy atom. The van der Waals surface area contributed by atoms with Crippen molar-refractivity contribution >= 4 is 28.9 Å². The fourth-order valence-electron chi connectivity index (χ4n) is 4.53. The minimum absolute atomic E-state index is 0.0309. The zero-order valence-electron chi connectivity index (χ0n) is 19.1. The Labute approximate surface area is 215 Å². The third-order valence-corrected chi connectivity index (χ3v) is 6.85. The number of nitriles is 1. The smallest absolute Gasteiger partial charge is 0.121 e. The molecule has 8 heteroatoms.